The van der Waals surface area contributed by atoms with Crippen molar-refractivity contribution in [3.05, 3.63) is 59.7 Å². The zero-order valence-corrected chi connectivity index (χ0v) is 18.3. The van der Waals surface area contributed by atoms with Gasteiger partial charge in [0, 0.05) is 19.2 Å². The van der Waals surface area contributed by atoms with E-state index in [0.29, 0.717) is 23.8 Å². The van der Waals surface area contributed by atoms with Crippen molar-refractivity contribution in [1.29, 1.82) is 0 Å². The fraction of sp³-hybridized carbons (Fsp3) is 0.375. The standard InChI is InChI=1S/C24H25N3O3S/c1-30-15-14-27-22(29)17-9-3-2-8-16(17)20(24(27)12-6-7-13-24)21(28)26-23-25-18-10-4-5-11-19(18)31-23/h2-5,8-11,20H,6-7,12-15H2,1H3,(H,25,26,28)/t20-/m1/s1. The van der Waals surface area contributed by atoms with Crippen LogP contribution in [0.2, 0.25) is 0 Å². The average Bonchev–Trinajstić information content (AvgIpc) is 3.41. The van der Waals surface area contributed by atoms with Gasteiger partial charge in [0.25, 0.3) is 5.91 Å². The molecule has 0 unspecified atom stereocenters. The summed E-state index contributed by atoms with van der Waals surface area (Å²) in [7, 11) is 1.64. The number of carbonyl (C=O) groups is 2. The molecule has 1 aromatic heterocycles. The molecule has 1 aliphatic heterocycles. The second-order valence-electron chi connectivity index (χ2n) is 8.26. The Bertz CT molecular complexity index is 1100. The summed E-state index contributed by atoms with van der Waals surface area (Å²) < 4.78 is 6.34. The molecule has 1 aliphatic carbocycles. The molecular weight excluding hydrogens is 410 g/mol. The van der Waals surface area contributed by atoms with E-state index in [1.54, 1.807) is 7.11 Å². The number of hydrogen-bond acceptors (Lipinski definition) is 5. The van der Waals surface area contributed by atoms with Gasteiger partial charge in [-0.25, -0.2) is 4.98 Å². The van der Waals surface area contributed by atoms with Crippen molar-refractivity contribution in [1.82, 2.24) is 9.88 Å². The van der Waals surface area contributed by atoms with E-state index >= 15 is 0 Å². The van der Waals surface area contributed by atoms with E-state index in [0.717, 1.165) is 41.5 Å². The van der Waals surface area contributed by atoms with Gasteiger partial charge in [0.05, 0.1) is 28.3 Å². The third-order valence-corrected chi connectivity index (χ3v) is 7.55. The first-order valence-electron chi connectivity index (χ1n) is 10.7. The highest BCUT2D eigenvalue weighted by atomic mass is 32.1. The van der Waals surface area contributed by atoms with Crippen LogP contribution in [0.15, 0.2) is 48.5 Å². The van der Waals surface area contributed by atoms with E-state index < -0.39 is 11.5 Å². The molecule has 1 fully saturated rings. The molecule has 1 saturated carbocycles. The third kappa shape index (κ3) is 3.32. The van der Waals surface area contributed by atoms with Crippen LogP contribution < -0.4 is 5.32 Å². The Labute approximate surface area is 185 Å². The van der Waals surface area contributed by atoms with E-state index in [1.165, 1.54) is 11.3 Å². The van der Waals surface area contributed by atoms with Gasteiger partial charge in [-0.05, 0) is 36.6 Å². The maximum Gasteiger partial charge on any atom is 0.254 e. The second kappa shape index (κ2) is 8.05. The number of anilines is 1. The molecular formula is C24H25N3O3S. The Morgan fingerprint density at radius 2 is 1.94 bits per heavy atom. The maximum absolute atomic E-state index is 13.8. The number of fused-ring (bicyclic) bond motifs is 2. The summed E-state index contributed by atoms with van der Waals surface area (Å²) >= 11 is 1.47. The normalized spacial score (nSPS) is 19.7. The number of rotatable bonds is 5. The number of benzene rings is 2. The Hall–Kier alpha value is -2.77. The number of carbonyl (C=O) groups excluding carboxylic acids is 2. The molecule has 160 valence electrons. The number of hydrogen-bond donors (Lipinski definition) is 1. The zero-order chi connectivity index (χ0) is 21.4. The van der Waals surface area contributed by atoms with E-state index in [-0.39, 0.29) is 11.8 Å². The van der Waals surface area contributed by atoms with Gasteiger partial charge in [0.15, 0.2) is 5.13 Å². The van der Waals surface area contributed by atoms with Crippen molar-refractivity contribution in [2.24, 2.45) is 0 Å². The Balaban J connectivity index is 1.57. The molecule has 7 heteroatoms. The highest BCUT2D eigenvalue weighted by Gasteiger charge is 2.55. The summed E-state index contributed by atoms with van der Waals surface area (Å²) in [4.78, 5) is 33.7. The van der Waals surface area contributed by atoms with E-state index in [9.17, 15) is 9.59 Å². The van der Waals surface area contributed by atoms with Gasteiger partial charge in [0.2, 0.25) is 5.91 Å². The summed E-state index contributed by atoms with van der Waals surface area (Å²) in [5, 5.41) is 3.68. The minimum atomic E-state index is -0.523. The number of ether oxygens (including phenoxy) is 1. The minimum Gasteiger partial charge on any atom is -0.383 e. The minimum absolute atomic E-state index is 0.00131. The van der Waals surface area contributed by atoms with Crippen LogP contribution in [-0.4, -0.2) is 47.5 Å². The molecule has 0 saturated heterocycles. The SMILES string of the molecule is COCCN1C(=O)c2ccccc2[C@H](C(=O)Nc2nc3ccccc3s2)C12CCCC2. The van der Waals surface area contributed by atoms with E-state index in [2.05, 4.69) is 10.3 Å². The van der Waals surface area contributed by atoms with Crippen molar-refractivity contribution in [3.63, 3.8) is 0 Å². The van der Waals surface area contributed by atoms with E-state index in [4.69, 9.17) is 4.74 Å². The quantitative estimate of drug-likeness (QED) is 0.643. The lowest BCUT2D eigenvalue weighted by Crippen LogP contribution is -2.60. The van der Waals surface area contributed by atoms with Gasteiger partial charge in [0.1, 0.15) is 0 Å². The molecule has 31 heavy (non-hydrogen) atoms. The Kier molecular flexibility index (Phi) is 5.24. The molecule has 1 atom stereocenters. The number of aromatic nitrogens is 1. The lowest BCUT2D eigenvalue weighted by atomic mass is 9.71. The molecule has 0 radical (unpaired) electrons. The summed E-state index contributed by atoms with van der Waals surface area (Å²) in [6, 6.07) is 15.4. The van der Waals surface area contributed by atoms with Gasteiger partial charge >= 0.3 is 0 Å². The predicted octanol–water partition coefficient (Wildman–Crippen LogP) is 4.43. The van der Waals surface area contributed by atoms with Crippen molar-refractivity contribution in [3.8, 4) is 0 Å². The Morgan fingerprint density at radius 1 is 1.19 bits per heavy atom. The van der Waals surface area contributed by atoms with Gasteiger partial charge < -0.3 is 15.0 Å². The number of nitrogens with zero attached hydrogens (tertiary/aromatic N) is 2. The third-order valence-electron chi connectivity index (χ3n) is 6.60. The second-order valence-corrected chi connectivity index (χ2v) is 9.29. The first-order chi connectivity index (χ1) is 15.1. The van der Waals surface area contributed by atoms with Crippen LogP contribution in [0.3, 0.4) is 0 Å². The average molecular weight is 436 g/mol. The number of nitrogens with one attached hydrogen (secondary N) is 1. The van der Waals surface area contributed by atoms with Gasteiger partial charge in [-0.2, -0.15) is 0 Å². The van der Waals surface area contributed by atoms with Crippen LogP contribution in [0.5, 0.6) is 0 Å². The van der Waals surface area contributed by atoms with Gasteiger partial charge in [-0.1, -0.05) is 54.5 Å². The molecule has 2 heterocycles. The van der Waals surface area contributed by atoms with Crippen LogP contribution in [0, 0.1) is 0 Å². The summed E-state index contributed by atoms with van der Waals surface area (Å²) in [6.07, 6.45) is 3.64. The summed E-state index contributed by atoms with van der Waals surface area (Å²) in [5.74, 6) is -0.533. The Morgan fingerprint density at radius 3 is 2.71 bits per heavy atom. The molecule has 2 amide bonds. The van der Waals surface area contributed by atoms with Crippen LogP contribution in [0.4, 0.5) is 5.13 Å². The van der Waals surface area contributed by atoms with Crippen molar-refractivity contribution >= 4 is 38.5 Å². The maximum atomic E-state index is 13.8. The molecule has 5 rings (SSSR count). The molecule has 2 aliphatic rings. The van der Waals surface area contributed by atoms with Gasteiger partial charge in [-0.15, -0.1) is 0 Å². The lowest BCUT2D eigenvalue weighted by Gasteiger charge is -2.50. The smallest absolute Gasteiger partial charge is 0.254 e. The van der Waals surface area contributed by atoms with Crippen molar-refractivity contribution in [2.45, 2.75) is 37.1 Å². The zero-order valence-electron chi connectivity index (χ0n) is 17.5. The van der Waals surface area contributed by atoms with Crippen LogP contribution in [0.25, 0.3) is 10.2 Å². The largest absolute Gasteiger partial charge is 0.383 e. The number of para-hydroxylation sites is 1. The highest BCUT2D eigenvalue weighted by molar-refractivity contribution is 7.22. The van der Waals surface area contributed by atoms with Crippen molar-refractivity contribution in [2.75, 3.05) is 25.6 Å². The molecule has 0 bridgehead atoms. The monoisotopic (exact) mass is 435 g/mol. The molecule has 3 aromatic rings. The summed E-state index contributed by atoms with van der Waals surface area (Å²) in [6.45, 7) is 0.927. The number of thiazole rings is 1. The van der Waals surface area contributed by atoms with E-state index in [1.807, 2.05) is 53.4 Å². The number of methoxy groups -OCH3 is 1. The highest BCUT2D eigenvalue weighted by Crippen LogP contribution is 2.50. The predicted molar refractivity (Wildman–Crippen MR) is 122 cm³/mol. The van der Waals surface area contributed by atoms with Crippen molar-refractivity contribution < 1.29 is 14.3 Å². The fourth-order valence-electron chi connectivity index (χ4n) is 5.28. The molecule has 1 N–H and O–H groups in total. The van der Waals surface area contributed by atoms with Crippen LogP contribution in [0.1, 0.15) is 47.5 Å². The van der Waals surface area contributed by atoms with Crippen LogP contribution in [-0.2, 0) is 9.53 Å². The first-order valence-corrected chi connectivity index (χ1v) is 11.5. The van der Waals surface area contributed by atoms with Crippen LogP contribution >= 0.6 is 11.3 Å². The molecule has 2 aromatic carbocycles. The summed E-state index contributed by atoms with van der Waals surface area (Å²) in [5.41, 5.74) is 1.78. The van der Waals surface area contributed by atoms with Gasteiger partial charge in [-0.3, -0.25) is 9.59 Å². The fourth-order valence-corrected chi connectivity index (χ4v) is 6.15. The molecule has 6 nitrogen and oxygen atoms in total. The first kappa shape index (κ1) is 20.2. The molecule has 1 spiro atoms. The lowest BCUT2D eigenvalue weighted by molar-refractivity contribution is -0.121. The number of amides is 2. The topological polar surface area (TPSA) is 71.5 Å².